The van der Waals surface area contributed by atoms with Crippen molar-refractivity contribution in [1.82, 2.24) is 4.57 Å². The minimum Gasteiger partial charge on any atom is -0.480 e. The number of hydrogen-bond donors (Lipinski definition) is 1. The molecule has 0 bridgehead atoms. The van der Waals surface area contributed by atoms with Crippen LogP contribution in [0, 0.1) is 12.7 Å². The predicted molar refractivity (Wildman–Crippen MR) is 120 cm³/mol. The first-order valence-electron chi connectivity index (χ1n) is 9.75. The first-order chi connectivity index (χ1) is 15.2. The lowest BCUT2D eigenvalue weighted by atomic mass is 10.0. The van der Waals surface area contributed by atoms with Crippen molar-refractivity contribution in [3.05, 3.63) is 94.4 Å². The van der Waals surface area contributed by atoms with Crippen LogP contribution in [0.1, 0.15) is 16.8 Å². The second-order valence-corrected chi connectivity index (χ2v) is 9.87. The van der Waals surface area contributed by atoms with Crippen molar-refractivity contribution in [3.63, 3.8) is 0 Å². The van der Waals surface area contributed by atoms with Crippen LogP contribution in [0.25, 0.3) is 10.9 Å². The van der Waals surface area contributed by atoms with Gasteiger partial charge in [-0.3, -0.25) is 4.79 Å². The zero-order valence-corrected chi connectivity index (χ0v) is 18.6. The van der Waals surface area contributed by atoms with Gasteiger partial charge in [-0.15, -0.1) is 0 Å². The molecule has 0 saturated heterocycles. The molecule has 3 aromatic carbocycles. The number of sulfone groups is 1. The van der Waals surface area contributed by atoms with Crippen LogP contribution >= 0.6 is 11.6 Å². The number of aromatic nitrogens is 1. The number of benzene rings is 3. The van der Waals surface area contributed by atoms with E-state index in [-0.39, 0.29) is 16.3 Å². The summed E-state index contributed by atoms with van der Waals surface area (Å²) >= 11 is 5.87. The lowest BCUT2D eigenvalue weighted by molar-refractivity contribution is -0.137. The largest absolute Gasteiger partial charge is 0.480 e. The summed E-state index contributed by atoms with van der Waals surface area (Å²) < 4.78 is 41.7. The van der Waals surface area contributed by atoms with E-state index in [1.165, 1.54) is 42.5 Å². The van der Waals surface area contributed by atoms with Crippen LogP contribution in [0.4, 0.5) is 4.39 Å². The number of carbonyl (C=O) groups is 1. The van der Waals surface area contributed by atoms with Gasteiger partial charge in [-0.2, -0.15) is 0 Å². The van der Waals surface area contributed by atoms with Crippen LogP contribution in [-0.4, -0.2) is 24.1 Å². The summed E-state index contributed by atoms with van der Waals surface area (Å²) in [4.78, 5) is 11.6. The fraction of sp³-hybridized carbons (Fsp3) is 0.125. The molecule has 5 nitrogen and oxygen atoms in total. The van der Waals surface area contributed by atoms with E-state index in [4.69, 9.17) is 11.6 Å². The molecule has 0 saturated carbocycles. The van der Waals surface area contributed by atoms with Gasteiger partial charge in [-0.05, 0) is 79.1 Å². The average molecular weight is 472 g/mol. The first kappa shape index (κ1) is 22.0. The smallest absolute Gasteiger partial charge is 0.323 e. The summed E-state index contributed by atoms with van der Waals surface area (Å²) in [5.74, 6) is -1.43. The third-order valence-corrected chi connectivity index (χ3v) is 7.44. The van der Waals surface area contributed by atoms with Crippen LogP contribution < -0.4 is 0 Å². The van der Waals surface area contributed by atoms with Gasteiger partial charge >= 0.3 is 5.97 Å². The number of halogens is 2. The molecule has 0 radical (unpaired) electrons. The van der Waals surface area contributed by atoms with Gasteiger partial charge in [0, 0.05) is 21.6 Å². The summed E-state index contributed by atoms with van der Waals surface area (Å²) in [6.07, 6.45) is 0.322. The molecule has 32 heavy (non-hydrogen) atoms. The molecule has 1 heterocycles. The highest BCUT2D eigenvalue weighted by atomic mass is 35.5. The van der Waals surface area contributed by atoms with Crippen molar-refractivity contribution in [2.45, 2.75) is 29.7 Å². The lowest BCUT2D eigenvalue weighted by Gasteiger charge is -2.09. The molecule has 0 aliphatic rings. The number of carboxylic acids is 1. The third-order valence-electron chi connectivity index (χ3n) is 5.42. The second kappa shape index (κ2) is 8.41. The van der Waals surface area contributed by atoms with Gasteiger partial charge in [0.15, 0.2) is 0 Å². The van der Waals surface area contributed by atoms with Gasteiger partial charge in [-0.1, -0.05) is 23.7 Å². The molecule has 4 aromatic rings. The van der Waals surface area contributed by atoms with Crippen LogP contribution in [0.15, 0.2) is 76.5 Å². The minimum atomic E-state index is -3.74. The maximum atomic E-state index is 14.0. The van der Waals surface area contributed by atoms with Crippen molar-refractivity contribution >= 4 is 38.3 Å². The molecular formula is C24H19ClFNO4S. The average Bonchev–Trinajstić information content (AvgIpc) is 2.99. The third kappa shape index (κ3) is 4.13. The van der Waals surface area contributed by atoms with Crippen molar-refractivity contribution in [1.29, 1.82) is 0 Å². The van der Waals surface area contributed by atoms with Crippen LogP contribution in [-0.2, 0) is 27.6 Å². The van der Waals surface area contributed by atoms with E-state index in [0.717, 1.165) is 5.56 Å². The van der Waals surface area contributed by atoms with E-state index in [0.29, 0.717) is 33.6 Å². The summed E-state index contributed by atoms with van der Waals surface area (Å²) in [7, 11) is -3.74. The standard InChI is InChI=1S/C24H19ClFNO4S/c1-15-21(22-13-18(26)7-10-23(22)27(15)14-24(28)29)12-16-3-2-4-20(11-16)32(30,31)19-8-5-17(25)6-9-19/h2-11,13H,12,14H2,1H3,(H,28,29). The van der Waals surface area contributed by atoms with Crippen LogP contribution in [0.2, 0.25) is 5.02 Å². The molecular weight excluding hydrogens is 453 g/mol. The number of carboxylic acid groups (broad SMARTS) is 1. The predicted octanol–water partition coefficient (Wildman–Crippen LogP) is 5.25. The molecule has 0 aliphatic heterocycles. The summed E-state index contributed by atoms with van der Waals surface area (Å²) in [6, 6.07) is 16.7. The van der Waals surface area contributed by atoms with E-state index in [2.05, 4.69) is 0 Å². The van der Waals surface area contributed by atoms with Crippen molar-refractivity contribution in [2.24, 2.45) is 0 Å². The second-order valence-electron chi connectivity index (χ2n) is 7.49. The Morgan fingerprint density at radius 2 is 1.75 bits per heavy atom. The molecule has 0 unspecified atom stereocenters. The van der Waals surface area contributed by atoms with E-state index < -0.39 is 21.6 Å². The Kier molecular flexibility index (Phi) is 5.79. The number of fused-ring (bicyclic) bond motifs is 1. The fourth-order valence-corrected chi connectivity index (χ4v) is 5.32. The fourth-order valence-electron chi connectivity index (χ4n) is 3.86. The van der Waals surface area contributed by atoms with Gasteiger partial charge in [0.2, 0.25) is 9.84 Å². The Bertz CT molecular complexity index is 1440. The zero-order valence-electron chi connectivity index (χ0n) is 17.0. The number of aliphatic carboxylic acids is 1. The van der Waals surface area contributed by atoms with Gasteiger partial charge < -0.3 is 9.67 Å². The monoisotopic (exact) mass is 471 g/mol. The highest BCUT2D eigenvalue weighted by Gasteiger charge is 2.20. The topological polar surface area (TPSA) is 76.4 Å². The van der Waals surface area contributed by atoms with Gasteiger partial charge in [0.1, 0.15) is 12.4 Å². The van der Waals surface area contributed by atoms with E-state index in [9.17, 15) is 22.7 Å². The Balaban J connectivity index is 1.77. The normalized spacial score (nSPS) is 11.7. The van der Waals surface area contributed by atoms with Crippen molar-refractivity contribution in [3.8, 4) is 0 Å². The molecule has 0 atom stereocenters. The molecule has 0 amide bonds. The maximum Gasteiger partial charge on any atom is 0.323 e. The van der Waals surface area contributed by atoms with Gasteiger partial charge in [0.05, 0.1) is 9.79 Å². The Morgan fingerprint density at radius 1 is 1.03 bits per heavy atom. The van der Waals surface area contributed by atoms with E-state index >= 15 is 0 Å². The van der Waals surface area contributed by atoms with Crippen molar-refractivity contribution < 1.29 is 22.7 Å². The summed E-state index contributed by atoms with van der Waals surface area (Å²) in [6.45, 7) is 1.53. The van der Waals surface area contributed by atoms with Crippen LogP contribution in [0.5, 0.6) is 0 Å². The summed E-state index contributed by atoms with van der Waals surface area (Å²) in [5, 5.41) is 10.3. The lowest BCUT2D eigenvalue weighted by Crippen LogP contribution is -2.10. The Labute approximate surface area is 189 Å². The Hall–Kier alpha value is -3.16. The zero-order chi connectivity index (χ0) is 23.0. The van der Waals surface area contributed by atoms with Gasteiger partial charge in [-0.25, -0.2) is 12.8 Å². The molecule has 0 fully saturated rings. The summed E-state index contributed by atoms with van der Waals surface area (Å²) in [5.41, 5.74) is 2.77. The van der Waals surface area contributed by atoms with Crippen LogP contribution in [0.3, 0.4) is 0 Å². The molecule has 0 spiro atoms. The first-order valence-corrected chi connectivity index (χ1v) is 11.6. The number of hydrogen-bond acceptors (Lipinski definition) is 3. The molecule has 8 heteroatoms. The van der Waals surface area contributed by atoms with E-state index in [1.54, 1.807) is 35.8 Å². The maximum absolute atomic E-state index is 14.0. The molecule has 0 aliphatic carbocycles. The molecule has 4 rings (SSSR count). The highest BCUT2D eigenvalue weighted by Crippen LogP contribution is 2.30. The number of nitrogens with zero attached hydrogens (tertiary/aromatic N) is 1. The van der Waals surface area contributed by atoms with Gasteiger partial charge in [0.25, 0.3) is 0 Å². The molecule has 1 N–H and O–H groups in total. The highest BCUT2D eigenvalue weighted by molar-refractivity contribution is 7.91. The SMILES string of the molecule is Cc1c(Cc2cccc(S(=O)(=O)c3ccc(Cl)cc3)c2)c2cc(F)ccc2n1CC(=O)O. The molecule has 164 valence electrons. The minimum absolute atomic E-state index is 0.135. The quantitative estimate of drug-likeness (QED) is 0.416. The van der Waals surface area contributed by atoms with E-state index in [1.807, 2.05) is 0 Å². The molecule has 1 aromatic heterocycles. The number of rotatable bonds is 6. The Morgan fingerprint density at radius 3 is 2.44 bits per heavy atom. The van der Waals surface area contributed by atoms with Crippen molar-refractivity contribution in [2.75, 3.05) is 0 Å².